The lowest BCUT2D eigenvalue weighted by molar-refractivity contribution is 0.0489. The van der Waals surface area contributed by atoms with Crippen molar-refractivity contribution in [3.8, 4) is 11.1 Å². The molecule has 0 saturated heterocycles. The van der Waals surface area contributed by atoms with E-state index in [9.17, 15) is 14.0 Å². The molecule has 6 heteroatoms. The van der Waals surface area contributed by atoms with E-state index in [-0.39, 0.29) is 18.1 Å². The maximum Gasteiger partial charge on any atom is 0.343 e. The second kappa shape index (κ2) is 6.81. The third kappa shape index (κ3) is 2.79. The van der Waals surface area contributed by atoms with Gasteiger partial charge < -0.3 is 15.6 Å². The molecule has 0 aliphatic heterocycles. The monoisotopic (exact) mass is 377 g/mol. The van der Waals surface area contributed by atoms with Crippen molar-refractivity contribution in [2.24, 2.45) is 0 Å². The van der Waals surface area contributed by atoms with Crippen LogP contribution in [0.15, 0.2) is 60.7 Å². The summed E-state index contributed by atoms with van der Waals surface area (Å²) < 4.78 is 19.5. The van der Waals surface area contributed by atoms with E-state index in [4.69, 9.17) is 15.6 Å². The molecule has 28 heavy (non-hydrogen) atoms. The van der Waals surface area contributed by atoms with E-state index in [0.29, 0.717) is 0 Å². The van der Waals surface area contributed by atoms with E-state index in [0.717, 1.165) is 34.4 Å². The van der Waals surface area contributed by atoms with Gasteiger partial charge in [-0.2, -0.15) is 0 Å². The van der Waals surface area contributed by atoms with Crippen molar-refractivity contribution in [1.82, 2.24) is 0 Å². The van der Waals surface area contributed by atoms with E-state index in [1.807, 2.05) is 48.5 Å². The smallest absolute Gasteiger partial charge is 0.343 e. The second-order valence-electron chi connectivity index (χ2n) is 6.51. The predicted molar refractivity (Wildman–Crippen MR) is 102 cm³/mol. The van der Waals surface area contributed by atoms with Crippen molar-refractivity contribution in [3.63, 3.8) is 0 Å². The molecule has 3 N–H and O–H groups in total. The number of benzene rings is 3. The first kappa shape index (κ1) is 17.7. The molecule has 0 amide bonds. The SMILES string of the molecule is Nc1c(C(=O)O)ccc(F)c1C(=O)OCC1c2ccccc2-c2ccccc21. The fourth-order valence-corrected chi connectivity index (χ4v) is 3.66. The van der Waals surface area contributed by atoms with Crippen LogP contribution in [-0.4, -0.2) is 23.7 Å². The standard InChI is InChI=1S/C22H16FNO4/c23-18-10-9-16(21(25)26)20(24)19(18)22(27)28-11-17-14-7-3-1-5-12(14)13-6-2-4-8-15(13)17/h1-10,17H,11,24H2,(H,25,26). The van der Waals surface area contributed by atoms with Gasteiger partial charge in [-0.15, -0.1) is 0 Å². The summed E-state index contributed by atoms with van der Waals surface area (Å²) in [7, 11) is 0. The number of halogens is 1. The molecule has 4 rings (SSSR count). The molecule has 0 heterocycles. The minimum atomic E-state index is -1.34. The Bertz CT molecular complexity index is 1060. The summed E-state index contributed by atoms with van der Waals surface area (Å²) in [5.74, 6) is -3.44. The highest BCUT2D eigenvalue weighted by Gasteiger charge is 2.30. The van der Waals surface area contributed by atoms with Crippen LogP contribution in [0.1, 0.15) is 37.8 Å². The summed E-state index contributed by atoms with van der Waals surface area (Å²) in [4.78, 5) is 23.7. The number of rotatable bonds is 4. The van der Waals surface area contributed by atoms with E-state index < -0.39 is 29.0 Å². The lowest BCUT2D eigenvalue weighted by atomic mass is 9.98. The highest BCUT2D eigenvalue weighted by atomic mass is 19.1. The van der Waals surface area contributed by atoms with Crippen molar-refractivity contribution in [3.05, 3.63) is 88.7 Å². The van der Waals surface area contributed by atoms with Crippen LogP contribution < -0.4 is 5.73 Å². The van der Waals surface area contributed by atoms with Crippen molar-refractivity contribution < 1.29 is 23.8 Å². The number of hydrogen-bond acceptors (Lipinski definition) is 4. The Morgan fingerprint density at radius 2 is 1.54 bits per heavy atom. The zero-order valence-corrected chi connectivity index (χ0v) is 14.7. The van der Waals surface area contributed by atoms with Gasteiger partial charge in [0.25, 0.3) is 0 Å². The number of carboxylic acids is 1. The topological polar surface area (TPSA) is 89.6 Å². The fraction of sp³-hybridized carbons (Fsp3) is 0.0909. The molecule has 0 radical (unpaired) electrons. The summed E-state index contributed by atoms with van der Waals surface area (Å²) in [6.07, 6.45) is 0. The first-order chi connectivity index (χ1) is 13.5. The van der Waals surface area contributed by atoms with E-state index in [1.165, 1.54) is 0 Å². The van der Waals surface area contributed by atoms with Gasteiger partial charge in [0.05, 0.1) is 11.3 Å². The summed E-state index contributed by atoms with van der Waals surface area (Å²) in [6, 6.07) is 17.6. The molecule has 0 unspecified atom stereocenters. The molecule has 0 aromatic heterocycles. The van der Waals surface area contributed by atoms with Crippen molar-refractivity contribution in [2.75, 3.05) is 12.3 Å². The summed E-state index contributed by atoms with van der Waals surface area (Å²) in [5.41, 5.74) is 8.53. The third-order valence-corrected chi connectivity index (χ3v) is 4.97. The van der Waals surface area contributed by atoms with Gasteiger partial charge in [-0.05, 0) is 34.4 Å². The lowest BCUT2D eigenvalue weighted by Gasteiger charge is -2.15. The number of carbonyl (C=O) groups excluding carboxylic acids is 1. The van der Waals surface area contributed by atoms with Gasteiger partial charge >= 0.3 is 11.9 Å². The molecule has 0 fully saturated rings. The molecule has 3 aromatic rings. The number of aromatic carboxylic acids is 1. The van der Waals surface area contributed by atoms with Crippen LogP contribution in [0, 0.1) is 5.82 Å². The van der Waals surface area contributed by atoms with Gasteiger partial charge in [0, 0.05) is 5.92 Å². The maximum atomic E-state index is 14.1. The molecule has 0 saturated carbocycles. The minimum absolute atomic E-state index is 0.0109. The predicted octanol–water partition coefficient (Wildman–Crippen LogP) is 4.08. The zero-order valence-electron chi connectivity index (χ0n) is 14.7. The largest absolute Gasteiger partial charge is 0.478 e. The number of ether oxygens (including phenoxy) is 1. The molecule has 140 valence electrons. The van der Waals surface area contributed by atoms with Gasteiger partial charge in [-0.3, -0.25) is 0 Å². The highest BCUT2D eigenvalue weighted by molar-refractivity contribution is 6.03. The van der Waals surface area contributed by atoms with Crippen molar-refractivity contribution >= 4 is 17.6 Å². The quantitative estimate of drug-likeness (QED) is 0.528. The number of anilines is 1. The van der Waals surface area contributed by atoms with Crippen LogP contribution in [0.3, 0.4) is 0 Å². The van der Waals surface area contributed by atoms with Gasteiger partial charge in [0.15, 0.2) is 0 Å². The molecular formula is C22H16FNO4. The van der Waals surface area contributed by atoms with Gasteiger partial charge in [-0.25, -0.2) is 14.0 Å². The van der Waals surface area contributed by atoms with E-state index >= 15 is 0 Å². The number of fused-ring (bicyclic) bond motifs is 3. The van der Waals surface area contributed by atoms with Crippen LogP contribution >= 0.6 is 0 Å². The Labute approximate surface area is 160 Å². The average Bonchev–Trinajstić information content (AvgIpc) is 3.00. The number of esters is 1. The molecule has 0 bridgehead atoms. The number of nitrogen functional groups attached to an aromatic ring is 1. The Balaban J connectivity index is 1.63. The number of nitrogens with two attached hydrogens (primary N) is 1. The average molecular weight is 377 g/mol. The molecule has 0 atom stereocenters. The van der Waals surface area contributed by atoms with Crippen LogP contribution in [-0.2, 0) is 4.74 Å². The van der Waals surface area contributed by atoms with Crippen LogP contribution in [0.4, 0.5) is 10.1 Å². The highest BCUT2D eigenvalue weighted by Crippen LogP contribution is 2.44. The molecule has 3 aromatic carbocycles. The molecule has 5 nitrogen and oxygen atoms in total. The van der Waals surface area contributed by atoms with Crippen LogP contribution in [0.2, 0.25) is 0 Å². The fourth-order valence-electron chi connectivity index (χ4n) is 3.66. The number of carbonyl (C=O) groups is 2. The molecule has 1 aliphatic carbocycles. The normalized spacial score (nSPS) is 12.3. The Hall–Kier alpha value is -3.67. The van der Waals surface area contributed by atoms with Gasteiger partial charge in [-0.1, -0.05) is 48.5 Å². The second-order valence-corrected chi connectivity index (χ2v) is 6.51. The van der Waals surface area contributed by atoms with Crippen molar-refractivity contribution in [2.45, 2.75) is 5.92 Å². The minimum Gasteiger partial charge on any atom is -0.478 e. The van der Waals surface area contributed by atoms with Crippen LogP contribution in [0.5, 0.6) is 0 Å². The summed E-state index contributed by atoms with van der Waals surface area (Å²) in [6.45, 7) is -0.0109. The molecule has 0 spiro atoms. The Morgan fingerprint density at radius 3 is 2.11 bits per heavy atom. The molecular weight excluding hydrogens is 361 g/mol. The van der Waals surface area contributed by atoms with Gasteiger partial charge in [0.2, 0.25) is 0 Å². The maximum absolute atomic E-state index is 14.1. The first-order valence-corrected chi connectivity index (χ1v) is 8.65. The van der Waals surface area contributed by atoms with Gasteiger partial charge in [0.1, 0.15) is 18.0 Å². The number of carboxylic acid groups (broad SMARTS) is 1. The first-order valence-electron chi connectivity index (χ1n) is 8.65. The zero-order chi connectivity index (χ0) is 19.8. The van der Waals surface area contributed by atoms with E-state index in [2.05, 4.69) is 0 Å². The third-order valence-electron chi connectivity index (χ3n) is 4.97. The summed E-state index contributed by atoms with van der Waals surface area (Å²) >= 11 is 0. The van der Waals surface area contributed by atoms with Crippen LogP contribution in [0.25, 0.3) is 11.1 Å². The van der Waals surface area contributed by atoms with E-state index in [1.54, 1.807) is 0 Å². The molecule has 1 aliphatic rings. The summed E-state index contributed by atoms with van der Waals surface area (Å²) in [5, 5.41) is 9.13. The number of hydrogen-bond donors (Lipinski definition) is 2. The lowest BCUT2D eigenvalue weighted by Crippen LogP contribution is -2.17. The Kier molecular flexibility index (Phi) is 4.31. The van der Waals surface area contributed by atoms with Crippen molar-refractivity contribution in [1.29, 1.82) is 0 Å². The Morgan fingerprint density at radius 1 is 0.964 bits per heavy atom.